The summed E-state index contributed by atoms with van der Waals surface area (Å²) in [6, 6.07) is 5.53. The van der Waals surface area contributed by atoms with Crippen molar-refractivity contribution in [2.45, 2.75) is 32.0 Å². The largest absolute Gasteiger partial charge is 0.389 e. The Kier molecular flexibility index (Phi) is 4.03. The topological polar surface area (TPSA) is 43.8 Å². The van der Waals surface area contributed by atoms with Gasteiger partial charge in [-0.05, 0) is 31.0 Å². The predicted octanol–water partition coefficient (Wildman–Crippen LogP) is 4.11. The Balaban J connectivity index is 2.08. The average Bonchev–Trinajstić information content (AvgIpc) is 2.59. The van der Waals surface area contributed by atoms with Crippen molar-refractivity contribution in [3.05, 3.63) is 22.7 Å². The molecule has 2 N–H and O–H groups in total. The molecular weight excluding hydrogens is 323 g/mol. The van der Waals surface area contributed by atoms with Crippen molar-refractivity contribution in [2.75, 3.05) is 5.73 Å². The number of aromatic nitrogens is 2. The number of nitrogen functional groups attached to an aromatic ring is 1. The molecule has 2 aromatic rings. The van der Waals surface area contributed by atoms with E-state index in [1.165, 1.54) is 0 Å². The number of anilines is 1. The highest BCUT2D eigenvalue weighted by molar-refractivity contribution is 9.10. The zero-order valence-electron chi connectivity index (χ0n) is 10.0. The first-order valence-electron chi connectivity index (χ1n) is 5.85. The Morgan fingerprint density at radius 3 is 2.68 bits per heavy atom. The second kappa shape index (κ2) is 5.40. The highest BCUT2D eigenvalue weighted by Gasteiger charge is 2.25. The first-order chi connectivity index (χ1) is 8.87. The lowest BCUT2D eigenvalue weighted by Crippen LogP contribution is -2.08. The maximum atomic E-state index is 12.1. The van der Waals surface area contributed by atoms with Crippen LogP contribution in [0.5, 0.6) is 0 Å². The molecule has 0 aliphatic rings. The van der Waals surface area contributed by atoms with E-state index in [0.717, 1.165) is 15.5 Å². The number of hydrogen-bond acceptors (Lipinski definition) is 2. The molecule has 0 fully saturated rings. The Labute approximate surface area is 116 Å². The molecule has 0 aliphatic carbocycles. The molecule has 2 rings (SSSR count). The SMILES string of the molecule is Nc1nc2ccc(Br)cc2n1CCCCC(F)(F)F. The summed E-state index contributed by atoms with van der Waals surface area (Å²) in [5, 5.41) is 0. The maximum absolute atomic E-state index is 12.1. The van der Waals surface area contributed by atoms with Crippen molar-refractivity contribution in [1.82, 2.24) is 9.55 Å². The van der Waals surface area contributed by atoms with E-state index in [0.29, 0.717) is 18.9 Å². The summed E-state index contributed by atoms with van der Waals surface area (Å²) in [4.78, 5) is 4.18. The van der Waals surface area contributed by atoms with Gasteiger partial charge in [0.05, 0.1) is 11.0 Å². The average molecular weight is 336 g/mol. The standard InChI is InChI=1S/C12H13BrF3N3/c13-8-3-4-9-10(7-8)19(11(17)18-9)6-2-1-5-12(14,15)16/h3-4,7H,1-2,5-6H2,(H2,17,18). The first-order valence-corrected chi connectivity index (χ1v) is 6.64. The van der Waals surface area contributed by atoms with Gasteiger partial charge in [0.25, 0.3) is 0 Å². The summed E-state index contributed by atoms with van der Waals surface area (Å²) < 4.78 is 38.8. The molecule has 3 nitrogen and oxygen atoms in total. The number of unbranched alkanes of at least 4 members (excludes halogenated alkanes) is 1. The van der Waals surface area contributed by atoms with Gasteiger partial charge in [-0.15, -0.1) is 0 Å². The van der Waals surface area contributed by atoms with Crippen LogP contribution in [0.4, 0.5) is 19.1 Å². The molecule has 1 aromatic carbocycles. The molecule has 0 bridgehead atoms. The van der Waals surface area contributed by atoms with E-state index in [2.05, 4.69) is 20.9 Å². The van der Waals surface area contributed by atoms with Gasteiger partial charge in [0, 0.05) is 17.4 Å². The number of nitrogens with zero attached hydrogens (tertiary/aromatic N) is 2. The molecule has 104 valence electrons. The fourth-order valence-electron chi connectivity index (χ4n) is 1.94. The minimum atomic E-state index is -4.09. The molecule has 0 saturated carbocycles. The van der Waals surface area contributed by atoms with Gasteiger partial charge in [-0.25, -0.2) is 4.98 Å². The Hall–Kier alpha value is -1.24. The summed E-state index contributed by atoms with van der Waals surface area (Å²) >= 11 is 3.35. The third-order valence-corrected chi connectivity index (χ3v) is 3.33. The molecule has 0 spiro atoms. The lowest BCUT2D eigenvalue weighted by Gasteiger charge is -2.08. The molecular formula is C12H13BrF3N3. The van der Waals surface area contributed by atoms with Gasteiger partial charge in [0.1, 0.15) is 0 Å². The summed E-state index contributed by atoms with van der Waals surface area (Å²) in [7, 11) is 0. The number of aryl methyl sites for hydroxylation is 1. The monoisotopic (exact) mass is 335 g/mol. The van der Waals surface area contributed by atoms with Gasteiger partial charge >= 0.3 is 6.18 Å². The number of imidazole rings is 1. The molecule has 0 amide bonds. The van der Waals surface area contributed by atoms with E-state index in [4.69, 9.17) is 5.73 Å². The molecule has 1 aromatic heterocycles. The van der Waals surface area contributed by atoms with Crippen molar-refractivity contribution in [3.63, 3.8) is 0 Å². The van der Waals surface area contributed by atoms with Gasteiger partial charge in [-0.2, -0.15) is 13.2 Å². The fraction of sp³-hybridized carbons (Fsp3) is 0.417. The van der Waals surface area contributed by atoms with Gasteiger partial charge < -0.3 is 10.3 Å². The zero-order chi connectivity index (χ0) is 14.0. The van der Waals surface area contributed by atoms with Crippen LogP contribution in [0.25, 0.3) is 11.0 Å². The van der Waals surface area contributed by atoms with Crippen LogP contribution in [0, 0.1) is 0 Å². The third-order valence-electron chi connectivity index (χ3n) is 2.83. The molecule has 0 saturated heterocycles. The van der Waals surface area contributed by atoms with Crippen LogP contribution >= 0.6 is 15.9 Å². The maximum Gasteiger partial charge on any atom is 0.389 e. The Bertz CT molecular complexity index is 577. The van der Waals surface area contributed by atoms with E-state index in [1.54, 1.807) is 4.57 Å². The van der Waals surface area contributed by atoms with Gasteiger partial charge in [0.2, 0.25) is 5.95 Å². The van der Waals surface area contributed by atoms with Crippen molar-refractivity contribution in [3.8, 4) is 0 Å². The smallest absolute Gasteiger partial charge is 0.369 e. The van der Waals surface area contributed by atoms with Gasteiger partial charge in [-0.3, -0.25) is 0 Å². The number of alkyl halides is 3. The van der Waals surface area contributed by atoms with Gasteiger partial charge in [-0.1, -0.05) is 15.9 Å². The van der Waals surface area contributed by atoms with Gasteiger partial charge in [0.15, 0.2) is 0 Å². The van der Waals surface area contributed by atoms with E-state index in [1.807, 2.05) is 18.2 Å². The molecule has 1 heterocycles. The van der Waals surface area contributed by atoms with Crippen LogP contribution in [0.2, 0.25) is 0 Å². The van der Waals surface area contributed by atoms with Crippen LogP contribution in [0.15, 0.2) is 22.7 Å². The van der Waals surface area contributed by atoms with Crippen molar-refractivity contribution < 1.29 is 13.2 Å². The van der Waals surface area contributed by atoms with E-state index >= 15 is 0 Å². The summed E-state index contributed by atoms with van der Waals surface area (Å²) in [6.07, 6.45) is -4.34. The van der Waals surface area contributed by atoms with Crippen molar-refractivity contribution in [1.29, 1.82) is 0 Å². The van der Waals surface area contributed by atoms with Crippen molar-refractivity contribution in [2.24, 2.45) is 0 Å². The van der Waals surface area contributed by atoms with Crippen molar-refractivity contribution >= 4 is 32.9 Å². The number of halogens is 4. The highest BCUT2D eigenvalue weighted by atomic mass is 79.9. The highest BCUT2D eigenvalue weighted by Crippen LogP contribution is 2.25. The van der Waals surface area contributed by atoms with Crippen LogP contribution in [0.1, 0.15) is 19.3 Å². The number of rotatable bonds is 4. The minimum Gasteiger partial charge on any atom is -0.369 e. The molecule has 0 radical (unpaired) electrons. The Morgan fingerprint density at radius 1 is 1.26 bits per heavy atom. The third kappa shape index (κ3) is 3.62. The van der Waals surface area contributed by atoms with E-state index < -0.39 is 12.6 Å². The summed E-state index contributed by atoms with van der Waals surface area (Å²) in [6.45, 7) is 0.439. The number of nitrogens with two attached hydrogens (primary N) is 1. The second-order valence-corrected chi connectivity index (χ2v) is 5.24. The fourth-order valence-corrected chi connectivity index (χ4v) is 2.29. The lowest BCUT2D eigenvalue weighted by atomic mass is 10.2. The molecule has 7 heteroatoms. The van der Waals surface area contributed by atoms with E-state index in [-0.39, 0.29) is 6.42 Å². The summed E-state index contributed by atoms with van der Waals surface area (Å²) in [5.41, 5.74) is 7.36. The Morgan fingerprint density at radius 2 is 2.00 bits per heavy atom. The first kappa shape index (κ1) is 14.2. The molecule has 0 aliphatic heterocycles. The number of fused-ring (bicyclic) bond motifs is 1. The minimum absolute atomic E-state index is 0.0939. The molecule has 19 heavy (non-hydrogen) atoms. The van der Waals surface area contributed by atoms with Crippen LogP contribution < -0.4 is 5.73 Å². The van der Waals surface area contributed by atoms with E-state index in [9.17, 15) is 13.2 Å². The predicted molar refractivity (Wildman–Crippen MR) is 71.8 cm³/mol. The molecule has 0 unspecified atom stereocenters. The van der Waals surface area contributed by atoms with Crippen LogP contribution in [-0.2, 0) is 6.54 Å². The summed E-state index contributed by atoms with van der Waals surface area (Å²) in [5.74, 6) is 0.333. The zero-order valence-corrected chi connectivity index (χ0v) is 11.6. The lowest BCUT2D eigenvalue weighted by molar-refractivity contribution is -0.135. The number of hydrogen-bond donors (Lipinski definition) is 1. The quantitative estimate of drug-likeness (QED) is 0.854. The normalized spacial score (nSPS) is 12.2. The molecule has 0 atom stereocenters. The van der Waals surface area contributed by atoms with Crippen LogP contribution in [-0.4, -0.2) is 15.7 Å². The van der Waals surface area contributed by atoms with Crippen LogP contribution in [0.3, 0.4) is 0 Å². The second-order valence-electron chi connectivity index (χ2n) is 4.33. The number of benzene rings is 1.